The maximum Gasteiger partial charge on any atom is 0.253 e. The second-order valence-corrected chi connectivity index (χ2v) is 7.76. The van der Waals surface area contributed by atoms with E-state index >= 15 is 0 Å². The molecule has 0 aromatic heterocycles. The number of aliphatic hydroxyl groups excluding tert-OH is 1. The molecule has 0 aliphatic carbocycles. The van der Waals surface area contributed by atoms with Crippen molar-refractivity contribution in [3.63, 3.8) is 0 Å². The minimum Gasteiger partial charge on any atom is -0.387 e. The summed E-state index contributed by atoms with van der Waals surface area (Å²) < 4.78 is 0. The van der Waals surface area contributed by atoms with Crippen molar-refractivity contribution in [2.75, 3.05) is 19.6 Å². The van der Waals surface area contributed by atoms with Gasteiger partial charge in [-0.3, -0.25) is 9.69 Å². The first kappa shape index (κ1) is 18.2. The van der Waals surface area contributed by atoms with Crippen LogP contribution in [0.25, 0.3) is 0 Å². The first-order chi connectivity index (χ1) is 12.1. The molecule has 2 unspecified atom stereocenters. The fraction of sp³-hybridized carbons (Fsp3) is 0.474. The number of aliphatic hydroxyl groups is 1. The van der Waals surface area contributed by atoms with Crippen molar-refractivity contribution in [2.45, 2.75) is 38.0 Å². The lowest BCUT2D eigenvalue weighted by molar-refractivity contribution is -0.120. The Hall–Kier alpha value is -1.63. The van der Waals surface area contributed by atoms with E-state index in [2.05, 4.69) is 21.5 Å². The highest BCUT2D eigenvalue weighted by molar-refractivity contribution is 8.15. The fourth-order valence-corrected chi connectivity index (χ4v) is 4.05. The van der Waals surface area contributed by atoms with Crippen LogP contribution in [-0.2, 0) is 4.79 Å². The Morgan fingerprint density at radius 2 is 2.16 bits per heavy atom. The van der Waals surface area contributed by atoms with Gasteiger partial charge in [-0.05, 0) is 30.9 Å². The minimum absolute atomic E-state index is 0.00416. The van der Waals surface area contributed by atoms with Crippen LogP contribution < -0.4 is 5.43 Å². The van der Waals surface area contributed by atoms with Gasteiger partial charge in [0.15, 0.2) is 0 Å². The van der Waals surface area contributed by atoms with E-state index in [1.54, 1.807) is 11.8 Å². The molecule has 0 saturated heterocycles. The number of rotatable bonds is 5. The van der Waals surface area contributed by atoms with Crippen LogP contribution >= 0.6 is 11.8 Å². The van der Waals surface area contributed by atoms with Gasteiger partial charge in [0.05, 0.1) is 11.4 Å². The number of amides is 1. The van der Waals surface area contributed by atoms with Crippen LogP contribution in [0.15, 0.2) is 41.0 Å². The Morgan fingerprint density at radius 3 is 2.80 bits per heavy atom. The molecule has 5 nitrogen and oxygen atoms in total. The third-order valence-electron chi connectivity index (χ3n) is 4.65. The number of hydrogen-bond donors (Lipinski definition) is 2. The van der Waals surface area contributed by atoms with Crippen LogP contribution in [0.3, 0.4) is 0 Å². The molecule has 1 aromatic carbocycles. The lowest BCUT2D eigenvalue weighted by atomic mass is 10.0. The van der Waals surface area contributed by atoms with Crippen molar-refractivity contribution in [1.82, 2.24) is 10.3 Å². The van der Waals surface area contributed by atoms with Gasteiger partial charge in [-0.2, -0.15) is 5.10 Å². The molecule has 1 amide bonds. The number of carbonyl (C=O) groups is 1. The molecule has 2 aliphatic heterocycles. The van der Waals surface area contributed by atoms with Crippen LogP contribution in [0.4, 0.5) is 0 Å². The molecule has 25 heavy (non-hydrogen) atoms. The third-order valence-corrected chi connectivity index (χ3v) is 6.05. The van der Waals surface area contributed by atoms with Crippen LogP contribution in [0.1, 0.15) is 37.0 Å². The van der Waals surface area contributed by atoms with Crippen molar-refractivity contribution in [2.24, 2.45) is 5.10 Å². The van der Waals surface area contributed by atoms with Crippen molar-refractivity contribution in [3.05, 3.63) is 47.0 Å². The van der Waals surface area contributed by atoms with Crippen LogP contribution in [0.5, 0.6) is 0 Å². The number of hydrogen-bond acceptors (Lipinski definition) is 5. The average Bonchev–Trinajstić information content (AvgIpc) is 2.63. The fourth-order valence-electron chi connectivity index (χ4n) is 3.02. The number of thioether (sulfide) groups is 1. The molecule has 1 aromatic rings. The highest BCUT2D eigenvalue weighted by Crippen LogP contribution is 2.27. The largest absolute Gasteiger partial charge is 0.387 e. The highest BCUT2D eigenvalue weighted by atomic mass is 32.2. The van der Waals surface area contributed by atoms with Crippen molar-refractivity contribution in [3.8, 4) is 0 Å². The number of β-amino-alcohol motifs (C(OH)–C–C–N with tert-alkyl or cyclic N) is 1. The minimum atomic E-state index is -0.472. The first-order valence-corrected chi connectivity index (χ1v) is 9.65. The number of aryl methyl sites for hydroxylation is 1. The van der Waals surface area contributed by atoms with E-state index in [9.17, 15) is 9.90 Å². The van der Waals surface area contributed by atoms with Gasteiger partial charge in [0.2, 0.25) is 0 Å². The van der Waals surface area contributed by atoms with Gasteiger partial charge in [0, 0.05) is 19.6 Å². The molecule has 3 rings (SSSR count). The molecule has 134 valence electrons. The Balaban J connectivity index is 1.57. The maximum atomic E-state index is 11.7. The SMILES string of the molecule is CCC1SC(C2=CCN(CC(O)c3ccc(C)cc3)CC2)=NNC1=O. The van der Waals surface area contributed by atoms with Gasteiger partial charge < -0.3 is 5.11 Å². The summed E-state index contributed by atoms with van der Waals surface area (Å²) in [5.74, 6) is -0.00416. The number of hydrazone groups is 1. The lowest BCUT2D eigenvalue weighted by Crippen LogP contribution is -2.37. The van der Waals surface area contributed by atoms with E-state index in [0.717, 1.165) is 36.5 Å². The summed E-state index contributed by atoms with van der Waals surface area (Å²) in [4.78, 5) is 13.9. The van der Waals surface area contributed by atoms with Crippen LogP contribution in [-0.4, -0.2) is 45.8 Å². The summed E-state index contributed by atoms with van der Waals surface area (Å²) in [7, 11) is 0. The van der Waals surface area contributed by atoms with Gasteiger partial charge in [-0.15, -0.1) is 0 Å². The molecule has 2 N–H and O–H groups in total. The maximum absolute atomic E-state index is 11.7. The number of nitrogens with one attached hydrogen (secondary N) is 1. The van der Waals surface area contributed by atoms with Crippen LogP contribution in [0, 0.1) is 6.92 Å². The molecule has 0 spiro atoms. The van der Waals surface area contributed by atoms with Crippen molar-refractivity contribution >= 4 is 22.7 Å². The molecular formula is C19H25N3O2S. The van der Waals surface area contributed by atoms with Gasteiger partial charge in [-0.25, -0.2) is 5.43 Å². The van der Waals surface area contributed by atoms with Crippen molar-refractivity contribution < 1.29 is 9.90 Å². The lowest BCUT2D eigenvalue weighted by Gasteiger charge is -2.29. The van der Waals surface area contributed by atoms with E-state index in [-0.39, 0.29) is 11.2 Å². The monoisotopic (exact) mass is 359 g/mol. The third kappa shape index (κ3) is 4.51. The Morgan fingerprint density at radius 1 is 1.40 bits per heavy atom. The Bertz CT molecular complexity index is 684. The first-order valence-electron chi connectivity index (χ1n) is 8.77. The predicted molar refractivity (Wildman–Crippen MR) is 103 cm³/mol. The van der Waals surface area contributed by atoms with Gasteiger partial charge in [-0.1, -0.05) is 54.6 Å². The molecule has 0 fully saturated rings. The normalized spacial score (nSPS) is 22.8. The van der Waals surface area contributed by atoms with Crippen molar-refractivity contribution in [1.29, 1.82) is 0 Å². The predicted octanol–water partition coefficient (Wildman–Crippen LogP) is 2.62. The van der Waals surface area contributed by atoms with E-state index in [4.69, 9.17) is 0 Å². The molecular weight excluding hydrogens is 334 g/mol. The molecule has 2 aliphatic rings. The summed E-state index contributed by atoms with van der Waals surface area (Å²) in [5, 5.41) is 15.5. The summed E-state index contributed by atoms with van der Waals surface area (Å²) in [6.45, 7) is 6.37. The summed E-state index contributed by atoms with van der Waals surface area (Å²) in [6.07, 6.45) is 3.39. The molecule has 2 heterocycles. The molecule has 0 saturated carbocycles. The smallest absolute Gasteiger partial charge is 0.253 e. The summed E-state index contributed by atoms with van der Waals surface area (Å²) >= 11 is 1.56. The quantitative estimate of drug-likeness (QED) is 0.848. The number of nitrogens with zero attached hydrogens (tertiary/aromatic N) is 2. The molecule has 2 atom stereocenters. The second-order valence-electron chi connectivity index (χ2n) is 6.57. The van der Waals surface area contributed by atoms with E-state index in [1.807, 2.05) is 38.1 Å². The topological polar surface area (TPSA) is 64.9 Å². The molecule has 0 radical (unpaired) electrons. The van der Waals surface area contributed by atoms with E-state index < -0.39 is 6.10 Å². The summed E-state index contributed by atoms with van der Waals surface area (Å²) in [5.41, 5.74) is 5.99. The molecule has 0 bridgehead atoms. The Kier molecular flexibility index (Phi) is 5.93. The standard InChI is InChI=1S/C19H25N3O2S/c1-3-17-18(24)20-21-19(25-17)15-8-10-22(11-9-15)12-16(23)14-6-4-13(2)5-7-14/h4-8,16-17,23H,3,9-12H2,1-2H3,(H,20,24). The van der Waals surface area contributed by atoms with E-state index in [0.29, 0.717) is 6.54 Å². The highest BCUT2D eigenvalue weighted by Gasteiger charge is 2.27. The van der Waals surface area contributed by atoms with E-state index in [1.165, 1.54) is 11.1 Å². The van der Waals surface area contributed by atoms with Gasteiger partial charge in [0.25, 0.3) is 5.91 Å². The number of benzene rings is 1. The summed E-state index contributed by atoms with van der Waals surface area (Å²) in [6, 6.07) is 8.05. The zero-order valence-corrected chi connectivity index (χ0v) is 15.6. The average molecular weight is 359 g/mol. The van der Waals surface area contributed by atoms with Gasteiger partial charge >= 0.3 is 0 Å². The second kappa shape index (κ2) is 8.17. The molecule has 6 heteroatoms. The zero-order valence-electron chi connectivity index (χ0n) is 14.7. The van der Waals surface area contributed by atoms with Crippen LogP contribution in [0.2, 0.25) is 0 Å². The Labute approximate surface area is 153 Å². The number of carbonyl (C=O) groups excluding carboxylic acids is 1. The van der Waals surface area contributed by atoms with Gasteiger partial charge in [0.1, 0.15) is 5.04 Å². The zero-order chi connectivity index (χ0) is 17.8.